The number of carbonyl (C=O) groups is 2. The third kappa shape index (κ3) is 6.50. The highest BCUT2D eigenvalue weighted by atomic mass is 19.1. The number of para-hydroxylation sites is 1. The number of anilines is 1. The summed E-state index contributed by atoms with van der Waals surface area (Å²) < 4.78 is 13.1. The number of halogens is 1. The minimum Gasteiger partial charge on any atom is -0.386 e. The molecule has 0 aliphatic rings. The minimum atomic E-state index is -0.479. The van der Waals surface area contributed by atoms with Crippen molar-refractivity contribution in [2.75, 3.05) is 11.9 Å². The molecule has 7 heteroatoms. The summed E-state index contributed by atoms with van der Waals surface area (Å²) in [5, 5.41) is 9.24. The van der Waals surface area contributed by atoms with Gasteiger partial charge in [-0.1, -0.05) is 59.8 Å². The molecule has 0 saturated carbocycles. The molecule has 0 bridgehead atoms. The van der Waals surface area contributed by atoms with Crippen molar-refractivity contribution in [1.82, 2.24) is 5.32 Å². The fraction of sp³-hybridized carbons (Fsp3) is 0.125. The van der Waals surface area contributed by atoms with Crippen molar-refractivity contribution < 1.29 is 18.8 Å². The highest BCUT2D eigenvalue weighted by Gasteiger charge is 2.16. The molecule has 0 aliphatic heterocycles. The summed E-state index contributed by atoms with van der Waals surface area (Å²) in [6, 6.07) is 21.9. The van der Waals surface area contributed by atoms with Gasteiger partial charge < -0.3 is 15.5 Å². The van der Waals surface area contributed by atoms with Crippen LogP contribution in [-0.4, -0.2) is 24.6 Å². The van der Waals surface area contributed by atoms with Crippen molar-refractivity contribution in [3.8, 4) is 0 Å². The number of benzene rings is 3. The first kappa shape index (κ1) is 21.7. The second-order valence-corrected chi connectivity index (χ2v) is 6.76. The first-order chi connectivity index (χ1) is 15.0. The normalized spacial score (nSPS) is 11.7. The summed E-state index contributed by atoms with van der Waals surface area (Å²) in [5.74, 6) is -1.18. The van der Waals surface area contributed by atoms with E-state index in [2.05, 4.69) is 15.8 Å². The van der Waals surface area contributed by atoms with Crippen LogP contribution in [0.4, 0.5) is 10.1 Å². The molecule has 3 aromatic rings. The first-order valence-electron chi connectivity index (χ1n) is 9.68. The Kier molecular flexibility index (Phi) is 7.48. The molecule has 31 heavy (non-hydrogen) atoms. The van der Waals surface area contributed by atoms with E-state index in [1.165, 1.54) is 18.3 Å². The molecule has 0 saturated heterocycles. The highest BCUT2D eigenvalue weighted by molar-refractivity contribution is 6.04. The maximum Gasteiger partial charge on any atom is 0.265 e. The Morgan fingerprint density at radius 2 is 1.77 bits per heavy atom. The predicted octanol–water partition coefficient (Wildman–Crippen LogP) is 4.31. The van der Waals surface area contributed by atoms with Crippen LogP contribution >= 0.6 is 0 Å². The van der Waals surface area contributed by atoms with Gasteiger partial charge in [-0.3, -0.25) is 9.59 Å². The molecule has 0 radical (unpaired) electrons. The molecule has 0 fully saturated rings. The lowest BCUT2D eigenvalue weighted by molar-refractivity contribution is -0.120. The van der Waals surface area contributed by atoms with E-state index in [9.17, 15) is 14.0 Å². The van der Waals surface area contributed by atoms with Gasteiger partial charge in [0.25, 0.3) is 11.8 Å². The number of hydrogen-bond donors (Lipinski definition) is 2. The Morgan fingerprint density at radius 1 is 1.03 bits per heavy atom. The van der Waals surface area contributed by atoms with Gasteiger partial charge in [0, 0.05) is 0 Å². The van der Waals surface area contributed by atoms with E-state index in [-0.39, 0.29) is 18.6 Å². The van der Waals surface area contributed by atoms with Crippen LogP contribution in [0.15, 0.2) is 84.0 Å². The van der Waals surface area contributed by atoms with Crippen LogP contribution in [0.5, 0.6) is 0 Å². The summed E-state index contributed by atoms with van der Waals surface area (Å²) in [6.45, 7) is 1.53. The summed E-state index contributed by atoms with van der Waals surface area (Å²) in [6.07, 6.45) is 1.31. The molecule has 0 heterocycles. The van der Waals surface area contributed by atoms with Crippen LogP contribution < -0.4 is 10.6 Å². The van der Waals surface area contributed by atoms with Gasteiger partial charge in [0.2, 0.25) is 0 Å². The van der Waals surface area contributed by atoms with E-state index in [0.29, 0.717) is 16.8 Å². The van der Waals surface area contributed by atoms with E-state index in [0.717, 1.165) is 5.56 Å². The Labute approximate surface area is 179 Å². The summed E-state index contributed by atoms with van der Waals surface area (Å²) >= 11 is 0. The number of rotatable bonds is 8. The number of amides is 2. The third-order valence-corrected chi connectivity index (χ3v) is 4.41. The molecular formula is C24H22FN3O3. The molecule has 2 N–H and O–H groups in total. The average molecular weight is 419 g/mol. The Balaban J connectivity index is 1.57. The second-order valence-electron chi connectivity index (χ2n) is 6.76. The Morgan fingerprint density at radius 3 is 2.55 bits per heavy atom. The summed E-state index contributed by atoms with van der Waals surface area (Å²) in [7, 11) is 0. The molecule has 158 valence electrons. The SMILES string of the molecule is C[C@@H](NC(=O)c1ccccc1NC(=O)CO/N=C\c1cccc(F)c1)c1ccccc1. The zero-order valence-electron chi connectivity index (χ0n) is 16.9. The zero-order valence-corrected chi connectivity index (χ0v) is 16.9. The van der Waals surface area contributed by atoms with Crippen molar-refractivity contribution in [1.29, 1.82) is 0 Å². The van der Waals surface area contributed by atoms with E-state index < -0.39 is 11.7 Å². The van der Waals surface area contributed by atoms with Gasteiger partial charge in [-0.25, -0.2) is 4.39 Å². The lowest BCUT2D eigenvalue weighted by Crippen LogP contribution is -2.28. The van der Waals surface area contributed by atoms with Crippen LogP contribution in [-0.2, 0) is 9.63 Å². The monoisotopic (exact) mass is 419 g/mol. The smallest absolute Gasteiger partial charge is 0.265 e. The van der Waals surface area contributed by atoms with Crippen molar-refractivity contribution in [3.63, 3.8) is 0 Å². The van der Waals surface area contributed by atoms with Gasteiger partial charge in [-0.15, -0.1) is 0 Å². The Bertz CT molecular complexity index is 1070. The maximum absolute atomic E-state index is 13.1. The van der Waals surface area contributed by atoms with E-state index >= 15 is 0 Å². The molecule has 0 aliphatic carbocycles. The van der Waals surface area contributed by atoms with Gasteiger partial charge in [-0.2, -0.15) is 0 Å². The molecule has 6 nitrogen and oxygen atoms in total. The fourth-order valence-electron chi connectivity index (χ4n) is 2.86. The van der Waals surface area contributed by atoms with Crippen LogP contribution in [0, 0.1) is 5.82 Å². The van der Waals surface area contributed by atoms with Crippen LogP contribution in [0.2, 0.25) is 0 Å². The van der Waals surface area contributed by atoms with Crippen LogP contribution in [0.25, 0.3) is 0 Å². The Hall–Kier alpha value is -4.00. The number of nitrogens with one attached hydrogen (secondary N) is 2. The lowest BCUT2D eigenvalue weighted by Gasteiger charge is -2.16. The largest absolute Gasteiger partial charge is 0.386 e. The van der Waals surface area contributed by atoms with Gasteiger partial charge >= 0.3 is 0 Å². The van der Waals surface area contributed by atoms with E-state index in [1.54, 1.807) is 36.4 Å². The van der Waals surface area contributed by atoms with Crippen molar-refractivity contribution in [3.05, 3.63) is 101 Å². The quantitative estimate of drug-likeness (QED) is 0.422. The topological polar surface area (TPSA) is 79.8 Å². The van der Waals surface area contributed by atoms with Crippen molar-refractivity contribution in [2.45, 2.75) is 13.0 Å². The zero-order chi connectivity index (χ0) is 22.1. The molecule has 0 spiro atoms. The summed E-state index contributed by atoms with van der Waals surface area (Å²) in [5.41, 5.74) is 2.18. The molecule has 3 aromatic carbocycles. The standard InChI is InChI=1S/C24H22FN3O3/c1-17(19-9-3-2-4-10-19)27-24(30)21-12-5-6-13-22(21)28-23(29)16-31-26-15-18-8-7-11-20(25)14-18/h2-15,17H,16H2,1H3,(H,27,30)(H,28,29)/b26-15-/t17-/m1/s1. The van der Waals surface area contributed by atoms with Gasteiger partial charge in [-0.05, 0) is 42.3 Å². The van der Waals surface area contributed by atoms with Gasteiger partial charge in [0.1, 0.15) is 5.82 Å². The number of nitrogens with zero attached hydrogens (tertiary/aromatic N) is 1. The first-order valence-corrected chi connectivity index (χ1v) is 9.68. The number of hydrogen-bond acceptors (Lipinski definition) is 4. The number of carbonyl (C=O) groups excluding carboxylic acids is 2. The highest BCUT2D eigenvalue weighted by Crippen LogP contribution is 2.18. The van der Waals surface area contributed by atoms with E-state index in [4.69, 9.17) is 4.84 Å². The van der Waals surface area contributed by atoms with Crippen LogP contribution in [0.1, 0.15) is 34.5 Å². The average Bonchev–Trinajstić information content (AvgIpc) is 2.77. The molecule has 0 aromatic heterocycles. The third-order valence-electron chi connectivity index (χ3n) is 4.41. The number of oxime groups is 1. The van der Waals surface area contributed by atoms with Gasteiger partial charge in [0.05, 0.1) is 23.5 Å². The lowest BCUT2D eigenvalue weighted by atomic mass is 10.1. The predicted molar refractivity (Wildman–Crippen MR) is 117 cm³/mol. The van der Waals surface area contributed by atoms with Crippen molar-refractivity contribution in [2.24, 2.45) is 5.16 Å². The molecule has 3 rings (SSSR count). The molecule has 1 atom stereocenters. The van der Waals surface area contributed by atoms with Crippen LogP contribution in [0.3, 0.4) is 0 Å². The molecular weight excluding hydrogens is 397 g/mol. The molecule has 2 amide bonds. The van der Waals surface area contributed by atoms with Gasteiger partial charge in [0.15, 0.2) is 6.61 Å². The summed E-state index contributed by atoms with van der Waals surface area (Å²) in [4.78, 5) is 29.9. The second kappa shape index (κ2) is 10.7. The van der Waals surface area contributed by atoms with Crippen molar-refractivity contribution >= 4 is 23.7 Å². The van der Waals surface area contributed by atoms with E-state index in [1.807, 2.05) is 37.3 Å². The molecule has 0 unspecified atom stereocenters. The fourth-order valence-corrected chi connectivity index (χ4v) is 2.86. The minimum absolute atomic E-state index is 0.196. The maximum atomic E-state index is 13.1.